The van der Waals surface area contributed by atoms with Crippen LogP contribution in [0.2, 0.25) is 0 Å². The number of hydrogen-bond acceptors (Lipinski definition) is 9. The van der Waals surface area contributed by atoms with Crippen molar-refractivity contribution in [3.05, 3.63) is 77.9 Å². The van der Waals surface area contributed by atoms with Gasteiger partial charge in [-0.25, -0.2) is 9.79 Å². The van der Waals surface area contributed by atoms with Gasteiger partial charge >= 0.3 is 5.97 Å². The van der Waals surface area contributed by atoms with Crippen LogP contribution in [-0.4, -0.2) is 67.6 Å². The first-order valence-corrected chi connectivity index (χ1v) is 14.2. The molecule has 4 rings (SSSR count). The molecule has 220 valence electrons. The number of aliphatic imine (C=N–C) groups is 1. The number of hydrogen-bond donors (Lipinski definition) is 1. The van der Waals surface area contributed by atoms with Crippen molar-refractivity contribution in [3.63, 3.8) is 0 Å². The van der Waals surface area contributed by atoms with Crippen LogP contribution >= 0.6 is 11.8 Å². The number of carbonyl (C=O) groups is 3. The molecule has 0 unspecified atom stereocenters. The van der Waals surface area contributed by atoms with Gasteiger partial charge in [0.05, 0.1) is 39.2 Å². The maximum Gasteiger partial charge on any atom is 0.338 e. The number of thioether (sulfide) groups is 1. The van der Waals surface area contributed by atoms with E-state index >= 15 is 0 Å². The first kappa shape index (κ1) is 30.4. The zero-order chi connectivity index (χ0) is 30.1. The molecule has 3 aromatic rings. The van der Waals surface area contributed by atoms with E-state index in [4.69, 9.17) is 23.9 Å². The van der Waals surface area contributed by atoms with Crippen molar-refractivity contribution in [2.45, 2.75) is 25.0 Å². The monoisotopic (exact) mass is 591 g/mol. The Morgan fingerprint density at radius 3 is 2.31 bits per heavy atom. The Morgan fingerprint density at radius 1 is 0.952 bits per heavy atom. The molecule has 0 aromatic heterocycles. The van der Waals surface area contributed by atoms with Crippen molar-refractivity contribution >= 4 is 46.1 Å². The number of carbonyl (C=O) groups excluding carboxylic acids is 3. The Hall–Kier alpha value is -4.51. The summed E-state index contributed by atoms with van der Waals surface area (Å²) in [7, 11) is 4.71. The average Bonchev–Trinajstić information content (AvgIpc) is 3.01. The highest BCUT2D eigenvalue weighted by Gasteiger charge is 2.36. The van der Waals surface area contributed by atoms with Crippen LogP contribution in [0, 0.1) is 0 Å². The smallest absolute Gasteiger partial charge is 0.338 e. The van der Waals surface area contributed by atoms with E-state index in [-0.39, 0.29) is 24.8 Å². The maximum atomic E-state index is 13.4. The van der Waals surface area contributed by atoms with Crippen LogP contribution in [0.15, 0.2) is 71.7 Å². The lowest BCUT2D eigenvalue weighted by molar-refractivity contribution is -0.129. The molecule has 1 aliphatic heterocycles. The molecule has 1 saturated heterocycles. The zero-order valence-corrected chi connectivity index (χ0v) is 24.7. The van der Waals surface area contributed by atoms with Crippen LogP contribution in [-0.2, 0) is 20.7 Å². The van der Waals surface area contributed by atoms with Gasteiger partial charge in [0.25, 0.3) is 0 Å². The molecule has 3 aromatic carbocycles. The fourth-order valence-corrected chi connectivity index (χ4v) is 5.36. The third kappa shape index (κ3) is 7.61. The summed E-state index contributed by atoms with van der Waals surface area (Å²) in [6.07, 6.45) is 0.537. The number of esters is 1. The number of amides is 2. The van der Waals surface area contributed by atoms with Gasteiger partial charge in [0, 0.05) is 18.7 Å². The molecule has 2 amide bonds. The van der Waals surface area contributed by atoms with Gasteiger partial charge in [-0.05, 0) is 79.6 Å². The summed E-state index contributed by atoms with van der Waals surface area (Å²) in [6.45, 7) is 2.36. The highest BCUT2D eigenvalue weighted by molar-refractivity contribution is 8.15. The fourth-order valence-electron chi connectivity index (χ4n) is 4.23. The summed E-state index contributed by atoms with van der Waals surface area (Å²) in [6, 6.07) is 19.2. The lowest BCUT2D eigenvalue weighted by Crippen LogP contribution is -2.46. The first-order valence-electron chi connectivity index (χ1n) is 13.3. The third-order valence-electron chi connectivity index (χ3n) is 6.46. The van der Waals surface area contributed by atoms with Crippen LogP contribution in [0.25, 0.3) is 0 Å². The van der Waals surface area contributed by atoms with Gasteiger partial charge < -0.3 is 24.3 Å². The molecule has 1 heterocycles. The molecule has 10 nitrogen and oxygen atoms in total. The molecule has 1 aliphatic rings. The summed E-state index contributed by atoms with van der Waals surface area (Å²) in [4.78, 5) is 45.0. The summed E-state index contributed by atoms with van der Waals surface area (Å²) < 4.78 is 21.0. The molecule has 0 aliphatic carbocycles. The van der Waals surface area contributed by atoms with Gasteiger partial charge in [-0.1, -0.05) is 17.8 Å². The van der Waals surface area contributed by atoms with Gasteiger partial charge in [0.1, 0.15) is 11.0 Å². The number of anilines is 1. The van der Waals surface area contributed by atoms with Crippen molar-refractivity contribution in [3.8, 4) is 17.2 Å². The van der Waals surface area contributed by atoms with Gasteiger partial charge in [0.15, 0.2) is 16.7 Å². The van der Waals surface area contributed by atoms with Gasteiger partial charge in [-0.15, -0.1) is 0 Å². The molecule has 0 spiro atoms. The van der Waals surface area contributed by atoms with Crippen molar-refractivity contribution in [1.29, 1.82) is 0 Å². The molecule has 0 saturated carbocycles. The van der Waals surface area contributed by atoms with E-state index in [2.05, 4.69) is 5.32 Å². The topological polar surface area (TPSA) is 116 Å². The van der Waals surface area contributed by atoms with Crippen molar-refractivity contribution in [2.24, 2.45) is 4.99 Å². The highest BCUT2D eigenvalue weighted by Crippen LogP contribution is 2.32. The van der Waals surface area contributed by atoms with Crippen molar-refractivity contribution in [2.75, 3.05) is 39.8 Å². The predicted octanol–water partition coefficient (Wildman–Crippen LogP) is 5.09. The summed E-state index contributed by atoms with van der Waals surface area (Å²) >= 11 is 1.22. The minimum absolute atomic E-state index is 0.0133. The molecule has 42 heavy (non-hydrogen) atoms. The number of methoxy groups -OCH3 is 3. The molecule has 1 fully saturated rings. The maximum absolute atomic E-state index is 13.4. The second-order valence-corrected chi connectivity index (χ2v) is 10.3. The van der Waals surface area contributed by atoms with E-state index in [0.717, 1.165) is 5.56 Å². The Balaban J connectivity index is 1.56. The Labute approximate surface area is 249 Å². The molecule has 0 bridgehead atoms. The van der Waals surface area contributed by atoms with E-state index in [1.807, 2.05) is 18.2 Å². The number of benzene rings is 3. The third-order valence-corrected chi connectivity index (χ3v) is 7.65. The van der Waals surface area contributed by atoms with E-state index < -0.39 is 11.2 Å². The van der Waals surface area contributed by atoms with Crippen LogP contribution in [0.1, 0.15) is 29.3 Å². The first-order chi connectivity index (χ1) is 20.3. The van der Waals surface area contributed by atoms with Crippen molar-refractivity contribution in [1.82, 2.24) is 4.90 Å². The van der Waals surface area contributed by atoms with Gasteiger partial charge in [0.2, 0.25) is 11.8 Å². The fraction of sp³-hybridized carbons (Fsp3) is 0.290. The summed E-state index contributed by atoms with van der Waals surface area (Å²) in [5.74, 6) is 0.939. The quantitative estimate of drug-likeness (QED) is 0.307. The highest BCUT2D eigenvalue weighted by atomic mass is 32.2. The molecule has 0 radical (unpaired) electrons. The van der Waals surface area contributed by atoms with E-state index in [1.165, 1.54) is 11.8 Å². The van der Waals surface area contributed by atoms with Gasteiger partial charge in [-0.2, -0.15) is 0 Å². The van der Waals surface area contributed by atoms with Crippen LogP contribution in [0.5, 0.6) is 17.2 Å². The Kier molecular flexibility index (Phi) is 10.4. The summed E-state index contributed by atoms with van der Waals surface area (Å²) in [5, 5.41) is 2.59. The number of nitrogens with one attached hydrogen (secondary N) is 1. The van der Waals surface area contributed by atoms with E-state index in [0.29, 0.717) is 52.3 Å². The number of amidine groups is 1. The molecule has 1 atom stereocenters. The lowest BCUT2D eigenvalue weighted by Gasteiger charge is -2.32. The minimum atomic E-state index is -0.686. The Morgan fingerprint density at radius 2 is 1.67 bits per heavy atom. The molecular weight excluding hydrogens is 558 g/mol. The zero-order valence-electron chi connectivity index (χ0n) is 23.9. The number of rotatable bonds is 11. The SMILES string of the molecule is CCOC(=O)c1ccc(N=C2S[C@@H](C(=O)Nc3ccc(OC)cc3)CC(=O)N2CCc2ccc(OC)c(OC)c2)cc1. The van der Waals surface area contributed by atoms with Crippen molar-refractivity contribution < 1.29 is 33.3 Å². The van der Waals surface area contributed by atoms with Crippen LogP contribution in [0.4, 0.5) is 11.4 Å². The van der Waals surface area contributed by atoms with Crippen LogP contribution < -0.4 is 19.5 Å². The number of ether oxygens (including phenoxy) is 4. The minimum Gasteiger partial charge on any atom is -0.497 e. The Bertz CT molecular complexity index is 1440. The standard InChI is InChI=1S/C31H33N3O7S/c1-5-41-30(37)21-7-9-23(10-8-21)33-31-34(17-16-20-6-15-25(39-3)26(18-20)40-4)28(35)19-27(42-31)29(36)32-22-11-13-24(38-2)14-12-22/h6-15,18,27H,5,16-17,19H2,1-4H3,(H,32,36)/t27-/m1/s1. The number of nitrogens with zero attached hydrogens (tertiary/aromatic N) is 2. The second kappa shape index (κ2) is 14.4. The van der Waals surface area contributed by atoms with E-state index in [1.54, 1.807) is 81.7 Å². The molecule has 11 heteroatoms. The molecule has 1 N–H and O–H groups in total. The second-order valence-electron chi connectivity index (χ2n) is 9.17. The lowest BCUT2D eigenvalue weighted by atomic mass is 10.1. The normalized spacial score (nSPS) is 15.7. The summed E-state index contributed by atoms with van der Waals surface area (Å²) in [5.41, 5.74) is 2.47. The van der Waals surface area contributed by atoms with E-state index in [9.17, 15) is 14.4 Å². The average molecular weight is 592 g/mol. The largest absolute Gasteiger partial charge is 0.497 e. The predicted molar refractivity (Wildman–Crippen MR) is 162 cm³/mol. The molecular formula is C31H33N3O7S. The van der Waals surface area contributed by atoms with Crippen LogP contribution in [0.3, 0.4) is 0 Å². The van der Waals surface area contributed by atoms with Gasteiger partial charge in [-0.3, -0.25) is 14.5 Å².